The van der Waals surface area contributed by atoms with Gasteiger partial charge in [-0.1, -0.05) is 12.1 Å². The van der Waals surface area contributed by atoms with E-state index in [-0.39, 0.29) is 11.9 Å². The molecule has 3 aromatic rings. The molecule has 1 saturated heterocycles. The number of nitrogens with zero attached hydrogens (tertiary/aromatic N) is 5. The third kappa shape index (κ3) is 3.95. The smallest absolute Gasteiger partial charge is 0.415 e. The number of carbonyl (C=O) groups is 1. The van der Waals surface area contributed by atoms with Crippen LogP contribution in [0.1, 0.15) is 25.7 Å². The Hall–Kier alpha value is -3.49. The van der Waals surface area contributed by atoms with Gasteiger partial charge in [0.25, 0.3) is 0 Å². The Morgan fingerprint density at radius 1 is 1.16 bits per heavy atom. The van der Waals surface area contributed by atoms with E-state index in [1.54, 1.807) is 41.7 Å². The first kappa shape index (κ1) is 19.5. The van der Waals surface area contributed by atoms with E-state index in [4.69, 9.17) is 4.74 Å². The van der Waals surface area contributed by atoms with Crippen molar-refractivity contribution in [1.82, 2.24) is 19.7 Å². The summed E-state index contributed by atoms with van der Waals surface area (Å²) in [6.07, 6.45) is 9.66. The van der Waals surface area contributed by atoms with Crippen LogP contribution in [0.5, 0.6) is 0 Å². The summed E-state index contributed by atoms with van der Waals surface area (Å²) >= 11 is 0. The number of halogens is 1. The highest BCUT2D eigenvalue weighted by Gasteiger charge is 2.47. The number of anilines is 2. The lowest BCUT2D eigenvalue weighted by Crippen LogP contribution is -2.39. The van der Waals surface area contributed by atoms with Gasteiger partial charge in [-0.2, -0.15) is 5.10 Å². The normalized spacial score (nSPS) is 23.2. The fraction of sp³-hybridized carbons (Fsp3) is 0.364. The zero-order chi connectivity index (χ0) is 21.3. The van der Waals surface area contributed by atoms with Crippen molar-refractivity contribution in [2.24, 2.45) is 5.92 Å². The molecule has 9 heteroatoms. The van der Waals surface area contributed by atoms with E-state index in [2.05, 4.69) is 20.4 Å². The van der Waals surface area contributed by atoms with Crippen LogP contribution in [0.2, 0.25) is 0 Å². The lowest BCUT2D eigenvalue weighted by molar-refractivity contribution is 0.0148. The quantitative estimate of drug-likeness (QED) is 0.673. The predicted molar refractivity (Wildman–Crippen MR) is 113 cm³/mol. The zero-order valence-corrected chi connectivity index (χ0v) is 16.9. The van der Waals surface area contributed by atoms with Crippen LogP contribution >= 0.6 is 0 Å². The Bertz CT molecular complexity index is 1060. The number of rotatable bonds is 5. The zero-order valence-electron chi connectivity index (χ0n) is 16.9. The first-order valence-corrected chi connectivity index (χ1v) is 10.4. The summed E-state index contributed by atoms with van der Waals surface area (Å²) in [7, 11) is 0. The number of para-hydroxylation sites is 1. The van der Waals surface area contributed by atoms with E-state index in [9.17, 15) is 9.18 Å². The van der Waals surface area contributed by atoms with Gasteiger partial charge in [0.1, 0.15) is 29.3 Å². The molecule has 1 aliphatic carbocycles. The van der Waals surface area contributed by atoms with Gasteiger partial charge in [0.15, 0.2) is 0 Å². The lowest BCUT2D eigenvalue weighted by atomic mass is 9.78. The highest BCUT2D eigenvalue weighted by Crippen LogP contribution is 2.40. The first-order chi connectivity index (χ1) is 15.1. The Labute approximate surface area is 179 Å². The minimum Gasteiger partial charge on any atom is -0.441 e. The Morgan fingerprint density at radius 2 is 1.94 bits per heavy atom. The van der Waals surface area contributed by atoms with Crippen LogP contribution in [-0.2, 0) is 4.74 Å². The molecule has 8 nitrogen and oxygen atoms in total. The Kier molecular flexibility index (Phi) is 5.01. The van der Waals surface area contributed by atoms with E-state index in [0.29, 0.717) is 29.7 Å². The van der Waals surface area contributed by atoms with Crippen LogP contribution in [0, 0.1) is 11.7 Å². The second kappa shape index (κ2) is 7.98. The second-order valence-electron chi connectivity index (χ2n) is 8.16. The number of aromatic nitrogens is 4. The van der Waals surface area contributed by atoms with Crippen molar-refractivity contribution in [3.05, 3.63) is 61.1 Å². The third-order valence-corrected chi connectivity index (χ3v) is 6.11. The number of hydrogen-bond donors (Lipinski definition) is 1. The van der Waals surface area contributed by atoms with Crippen molar-refractivity contribution in [3.63, 3.8) is 0 Å². The molecule has 160 valence electrons. The fourth-order valence-electron chi connectivity index (χ4n) is 4.36. The van der Waals surface area contributed by atoms with Crippen LogP contribution in [0.25, 0.3) is 5.69 Å². The molecule has 1 N–H and O–H groups in total. The fourth-order valence-corrected chi connectivity index (χ4v) is 4.36. The van der Waals surface area contributed by atoms with Crippen LogP contribution in [0.3, 0.4) is 0 Å². The van der Waals surface area contributed by atoms with Crippen molar-refractivity contribution in [2.75, 3.05) is 23.3 Å². The number of ether oxygens (including phenoxy) is 1. The molecular formula is C22H23FN6O2. The molecule has 2 aliphatic rings. The lowest BCUT2D eigenvalue weighted by Gasteiger charge is -2.35. The predicted octanol–water partition coefficient (Wildman–Crippen LogP) is 3.80. The molecule has 1 spiro atoms. The van der Waals surface area contributed by atoms with E-state index in [1.807, 2.05) is 6.07 Å². The van der Waals surface area contributed by atoms with E-state index >= 15 is 0 Å². The number of nitrogens with one attached hydrogen (secondary N) is 1. The number of hydrogen-bond acceptors (Lipinski definition) is 6. The monoisotopic (exact) mass is 422 g/mol. The molecule has 5 rings (SSSR count). The third-order valence-electron chi connectivity index (χ3n) is 6.11. The molecule has 0 radical (unpaired) electrons. The average molecular weight is 422 g/mol. The summed E-state index contributed by atoms with van der Waals surface area (Å²) in [4.78, 5) is 22.0. The number of amides is 1. The molecule has 0 atom stereocenters. The topological polar surface area (TPSA) is 85.2 Å². The molecular weight excluding hydrogens is 399 g/mol. The minimum absolute atomic E-state index is 0.308. The van der Waals surface area contributed by atoms with Crippen LogP contribution < -0.4 is 10.2 Å². The summed E-state index contributed by atoms with van der Waals surface area (Å²) in [6, 6.07) is 8.40. The number of benzene rings is 1. The van der Waals surface area contributed by atoms with Gasteiger partial charge in [-0.05, 0) is 43.7 Å². The van der Waals surface area contributed by atoms with Crippen molar-refractivity contribution in [3.8, 4) is 5.69 Å². The van der Waals surface area contributed by atoms with Crippen LogP contribution in [0.4, 0.5) is 20.7 Å². The van der Waals surface area contributed by atoms with Crippen LogP contribution in [0.15, 0.2) is 55.2 Å². The van der Waals surface area contributed by atoms with Gasteiger partial charge in [0.05, 0.1) is 24.6 Å². The summed E-state index contributed by atoms with van der Waals surface area (Å²) in [6.45, 7) is 1.31. The van der Waals surface area contributed by atoms with Crippen LogP contribution in [-0.4, -0.2) is 44.5 Å². The summed E-state index contributed by atoms with van der Waals surface area (Å²) in [5, 5.41) is 7.79. The molecule has 1 aliphatic heterocycles. The molecule has 0 bridgehead atoms. The molecule has 31 heavy (non-hydrogen) atoms. The van der Waals surface area contributed by atoms with Crippen molar-refractivity contribution in [1.29, 1.82) is 0 Å². The summed E-state index contributed by atoms with van der Waals surface area (Å²) in [5.41, 5.74) is 0.653. The maximum atomic E-state index is 13.9. The molecule has 0 unspecified atom stereocenters. The van der Waals surface area contributed by atoms with Crippen molar-refractivity contribution < 1.29 is 13.9 Å². The van der Waals surface area contributed by atoms with Crippen molar-refractivity contribution >= 4 is 17.6 Å². The summed E-state index contributed by atoms with van der Waals surface area (Å²) in [5.74, 6) is 0.861. The highest BCUT2D eigenvalue weighted by molar-refractivity contribution is 5.89. The maximum absolute atomic E-state index is 13.9. The molecule has 1 aromatic carbocycles. The molecule has 2 aromatic heterocycles. The van der Waals surface area contributed by atoms with Gasteiger partial charge in [-0.15, -0.1) is 0 Å². The standard InChI is InChI=1S/C22H23FN6O2/c23-18-3-1-2-4-19(18)29-10-7-20(27-29)26-11-16-5-8-22(9-6-16)14-28(21(30)31-22)17-12-24-15-25-13-17/h1-4,7,10,12-13,15-16H,5-6,8-9,11,14H2,(H,26,27). The van der Waals surface area contributed by atoms with Gasteiger partial charge >= 0.3 is 6.09 Å². The van der Waals surface area contributed by atoms with E-state index in [0.717, 1.165) is 32.2 Å². The average Bonchev–Trinajstić information content (AvgIpc) is 3.39. The van der Waals surface area contributed by atoms with Crippen molar-refractivity contribution in [2.45, 2.75) is 31.3 Å². The number of carbonyl (C=O) groups excluding carboxylic acids is 1. The Balaban J connectivity index is 1.15. The van der Waals surface area contributed by atoms with Gasteiger partial charge in [0, 0.05) is 18.8 Å². The Morgan fingerprint density at radius 3 is 2.71 bits per heavy atom. The van der Waals surface area contributed by atoms with Gasteiger partial charge in [-0.3, -0.25) is 4.90 Å². The highest BCUT2D eigenvalue weighted by atomic mass is 19.1. The molecule has 2 fully saturated rings. The summed E-state index contributed by atoms with van der Waals surface area (Å²) < 4.78 is 21.3. The van der Waals surface area contributed by atoms with E-state index in [1.165, 1.54) is 17.1 Å². The largest absolute Gasteiger partial charge is 0.441 e. The minimum atomic E-state index is -0.435. The second-order valence-corrected chi connectivity index (χ2v) is 8.16. The maximum Gasteiger partial charge on any atom is 0.415 e. The SMILES string of the molecule is O=C1OC2(CCC(CNc3ccn(-c4ccccc4F)n3)CC2)CN1c1cncnc1. The van der Waals surface area contributed by atoms with Gasteiger partial charge < -0.3 is 10.1 Å². The van der Waals surface area contributed by atoms with E-state index < -0.39 is 5.60 Å². The van der Waals surface area contributed by atoms with Gasteiger partial charge in [0.2, 0.25) is 0 Å². The molecule has 1 amide bonds. The molecule has 3 heterocycles. The molecule has 1 saturated carbocycles. The van der Waals surface area contributed by atoms with Gasteiger partial charge in [-0.25, -0.2) is 23.8 Å². The first-order valence-electron chi connectivity index (χ1n) is 10.4.